The van der Waals surface area contributed by atoms with Crippen LogP contribution in [-0.4, -0.2) is 29.3 Å². The molecule has 0 radical (unpaired) electrons. The average Bonchev–Trinajstić information content (AvgIpc) is 3.11. The first kappa shape index (κ1) is 17.3. The summed E-state index contributed by atoms with van der Waals surface area (Å²) in [5.74, 6) is 0.178. The van der Waals surface area contributed by atoms with Gasteiger partial charge in [-0.3, -0.25) is 0 Å². The highest BCUT2D eigenvalue weighted by atomic mass is 35.5. The highest BCUT2D eigenvalue weighted by Crippen LogP contribution is 2.32. The summed E-state index contributed by atoms with van der Waals surface area (Å²) in [6, 6.07) is 14.6. The van der Waals surface area contributed by atoms with Crippen LogP contribution < -0.4 is 9.47 Å². The quantitative estimate of drug-likeness (QED) is 0.610. The number of carboxylic acid groups (broad SMARTS) is 1. The van der Waals surface area contributed by atoms with Crippen LogP contribution in [-0.2, 0) is 0 Å². The predicted molar refractivity (Wildman–Crippen MR) is 97.0 cm³/mol. The van der Waals surface area contributed by atoms with E-state index in [0.29, 0.717) is 34.7 Å². The van der Waals surface area contributed by atoms with Gasteiger partial charge in [-0.15, -0.1) is 11.3 Å². The van der Waals surface area contributed by atoms with E-state index in [1.807, 2.05) is 36.4 Å². The third-order valence-corrected chi connectivity index (χ3v) is 4.46. The first-order valence-electron chi connectivity index (χ1n) is 7.43. The molecule has 0 atom stereocenters. The van der Waals surface area contributed by atoms with E-state index in [1.165, 1.54) is 16.7 Å². The molecule has 0 aliphatic rings. The molecule has 1 heterocycles. The van der Waals surface area contributed by atoms with Gasteiger partial charge in [0.25, 0.3) is 0 Å². The molecule has 25 heavy (non-hydrogen) atoms. The molecule has 0 saturated carbocycles. The molecule has 0 fully saturated rings. The standard InChI is InChI=1S/C18H14ClNO4S/c19-13-6-2-4-8-16(13)24-10-9-23-15-7-3-1-5-12(15)17-20-14(11-25-17)18(21)22/h1-8,11H,9-10H2,(H,21,22). The third-order valence-electron chi connectivity index (χ3n) is 3.28. The Hall–Kier alpha value is -2.57. The monoisotopic (exact) mass is 375 g/mol. The third kappa shape index (κ3) is 4.29. The van der Waals surface area contributed by atoms with Crippen molar-refractivity contribution in [3.05, 3.63) is 64.6 Å². The Morgan fingerprint density at radius 2 is 1.68 bits per heavy atom. The van der Waals surface area contributed by atoms with Crippen LogP contribution in [0.25, 0.3) is 10.6 Å². The molecule has 0 amide bonds. The lowest BCUT2D eigenvalue weighted by molar-refractivity contribution is 0.0691. The van der Waals surface area contributed by atoms with Crippen molar-refractivity contribution in [3.63, 3.8) is 0 Å². The second-order valence-electron chi connectivity index (χ2n) is 4.97. The van der Waals surface area contributed by atoms with Crippen LogP contribution in [0.3, 0.4) is 0 Å². The molecular formula is C18H14ClNO4S. The summed E-state index contributed by atoms with van der Waals surface area (Å²) >= 11 is 7.30. The Labute approximate surface area is 153 Å². The van der Waals surface area contributed by atoms with Crippen molar-refractivity contribution >= 4 is 28.9 Å². The van der Waals surface area contributed by atoms with Crippen molar-refractivity contribution in [2.45, 2.75) is 0 Å². The molecular weight excluding hydrogens is 362 g/mol. The smallest absolute Gasteiger partial charge is 0.355 e. The summed E-state index contributed by atoms with van der Waals surface area (Å²) in [5.41, 5.74) is 0.773. The molecule has 0 spiro atoms. The van der Waals surface area contributed by atoms with Gasteiger partial charge in [0, 0.05) is 5.38 Å². The lowest BCUT2D eigenvalue weighted by atomic mass is 10.2. The number of halogens is 1. The number of carboxylic acids is 1. The van der Waals surface area contributed by atoms with Gasteiger partial charge in [0.1, 0.15) is 29.7 Å². The number of hydrogen-bond acceptors (Lipinski definition) is 5. The highest BCUT2D eigenvalue weighted by molar-refractivity contribution is 7.13. The van der Waals surface area contributed by atoms with E-state index in [-0.39, 0.29) is 5.69 Å². The maximum Gasteiger partial charge on any atom is 0.355 e. The summed E-state index contributed by atoms with van der Waals surface area (Å²) in [6.07, 6.45) is 0. The van der Waals surface area contributed by atoms with Crippen LogP contribution >= 0.6 is 22.9 Å². The number of rotatable bonds is 7. The van der Waals surface area contributed by atoms with Gasteiger partial charge in [0.15, 0.2) is 5.69 Å². The van der Waals surface area contributed by atoms with Crippen LogP contribution in [0.1, 0.15) is 10.5 Å². The fourth-order valence-electron chi connectivity index (χ4n) is 2.13. The summed E-state index contributed by atoms with van der Waals surface area (Å²) in [7, 11) is 0. The van der Waals surface area contributed by atoms with Gasteiger partial charge >= 0.3 is 5.97 Å². The SMILES string of the molecule is O=C(O)c1csc(-c2ccccc2OCCOc2ccccc2Cl)n1. The Kier molecular flexibility index (Phi) is 5.53. The van der Waals surface area contributed by atoms with Crippen molar-refractivity contribution in [3.8, 4) is 22.1 Å². The van der Waals surface area contributed by atoms with E-state index in [1.54, 1.807) is 12.1 Å². The number of hydrogen-bond donors (Lipinski definition) is 1. The van der Waals surface area contributed by atoms with Gasteiger partial charge in [-0.05, 0) is 24.3 Å². The van der Waals surface area contributed by atoms with Crippen molar-refractivity contribution < 1.29 is 19.4 Å². The fraction of sp³-hybridized carbons (Fsp3) is 0.111. The Morgan fingerprint density at radius 1 is 1.04 bits per heavy atom. The zero-order valence-electron chi connectivity index (χ0n) is 13.0. The minimum absolute atomic E-state index is 0.0249. The Morgan fingerprint density at radius 3 is 2.36 bits per heavy atom. The van der Waals surface area contributed by atoms with Gasteiger partial charge < -0.3 is 14.6 Å². The highest BCUT2D eigenvalue weighted by Gasteiger charge is 2.13. The average molecular weight is 376 g/mol. The van der Waals surface area contributed by atoms with Crippen molar-refractivity contribution in [1.82, 2.24) is 4.98 Å². The molecule has 5 nitrogen and oxygen atoms in total. The summed E-state index contributed by atoms with van der Waals surface area (Å²) in [5, 5.41) is 11.7. The van der Waals surface area contributed by atoms with Crippen LogP contribution in [0, 0.1) is 0 Å². The molecule has 1 aromatic heterocycles. The normalized spacial score (nSPS) is 10.4. The molecule has 3 rings (SSSR count). The minimum atomic E-state index is -1.05. The molecule has 0 bridgehead atoms. The molecule has 0 aliphatic heterocycles. The van der Waals surface area contributed by atoms with Gasteiger partial charge in [0.2, 0.25) is 0 Å². The first-order chi connectivity index (χ1) is 12.1. The van der Waals surface area contributed by atoms with Gasteiger partial charge in [0.05, 0.1) is 10.6 Å². The van der Waals surface area contributed by atoms with Crippen LogP contribution in [0.5, 0.6) is 11.5 Å². The molecule has 2 aromatic carbocycles. The molecule has 7 heteroatoms. The lowest BCUT2D eigenvalue weighted by Crippen LogP contribution is -2.09. The Bertz CT molecular complexity index is 881. The maximum atomic E-state index is 11.0. The second kappa shape index (κ2) is 8.00. The largest absolute Gasteiger partial charge is 0.489 e. The zero-order valence-corrected chi connectivity index (χ0v) is 14.6. The summed E-state index contributed by atoms with van der Waals surface area (Å²) in [6.45, 7) is 0.649. The number of thiazole rings is 1. The number of aromatic carboxylic acids is 1. The van der Waals surface area contributed by atoms with E-state index in [4.69, 9.17) is 26.2 Å². The molecule has 3 aromatic rings. The van der Waals surface area contributed by atoms with Crippen LogP contribution in [0.15, 0.2) is 53.9 Å². The number of para-hydroxylation sites is 2. The van der Waals surface area contributed by atoms with Gasteiger partial charge in [-0.1, -0.05) is 35.9 Å². The van der Waals surface area contributed by atoms with Crippen molar-refractivity contribution in [2.24, 2.45) is 0 Å². The van der Waals surface area contributed by atoms with Crippen LogP contribution in [0.4, 0.5) is 0 Å². The predicted octanol–water partition coefficient (Wildman–Crippen LogP) is 4.62. The topological polar surface area (TPSA) is 68.7 Å². The number of aromatic nitrogens is 1. The summed E-state index contributed by atoms with van der Waals surface area (Å²) in [4.78, 5) is 15.1. The zero-order chi connectivity index (χ0) is 17.6. The van der Waals surface area contributed by atoms with Gasteiger partial charge in [-0.25, -0.2) is 9.78 Å². The number of benzene rings is 2. The van der Waals surface area contributed by atoms with E-state index in [0.717, 1.165) is 5.56 Å². The molecule has 0 unspecified atom stereocenters. The minimum Gasteiger partial charge on any atom is -0.489 e. The lowest BCUT2D eigenvalue weighted by Gasteiger charge is -2.11. The van der Waals surface area contributed by atoms with Crippen LogP contribution in [0.2, 0.25) is 5.02 Å². The first-order valence-corrected chi connectivity index (χ1v) is 8.69. The molecule has 0 saturated heterocycles. The van der Waals surface area contributed by atoms with E-state index >= 15 is 0 Å². The molecule has 1 N–H and O–H groups in total. The second-order valence-corrected chi connectivity index (χ2v) is 6.23. The molecule has 0 aliphatic carbocycles. The van der Waals surface area contributed by atoms with E-state index in [9.17, 15) is 4.79 Å². The van der Waals surface area contributed by atoms with E-state index < -0.39 is 5.97 Å². The van der Waals surface area contributed by atoms with Gasteiger partial charge in [-0.2, -0.15) is 0 Å². The number of carbonyl (C=O) groups is 1. The summed E-state index contributed by atoms with van der Waals surface area (Å²) < 4.78 is 11.4. The van der Waals surface area contributed by atoms with Crippen molar-refractivity contribution in [1.29, 1.82) is 0 Å². The Balaban J connectivity index is 1.65. The fourth-order valence-corrected chi connectivity index (χ4v) is 3.14. The number of nitrogens with zero attached hydrogens (tertiary/aromatic N) is 1. The maximum absolute atomic E-state index is 11.0. The molecule has 128 valence electrons. The number of ether oxygens (including phenoxy) is 2. The van der Waals surface area contributed by atoms with E-state index in [2.05, 4.69) is 4.98 Å². The van der Waals surface area contributed by atoms with Crippen molar-refractivity contribution in [2.75, 3.05) is 13.2 Å².